The maximum Gasteiger partial charge on any atom is 0.125 e. The number of hydrogen-bond donors (Lipinski definition) is 1. The van der Waals surface area contributed by atoms with Gasteiger partial charge < -0.3 is 5.32 Å². The third-order valence-electron chi connectivity index (χ3n) is 3.17. The van der Waals surface area contributed by atoms with Gasteiger partial charge >= 0.3 is 0 Å². The number of aromatic nitrogens is 1. The van der Waals surface area contributed by atoms with Crippen LogP contribution in [0.5, 0.6) is 0 Å². The number of benzene rings is 1. The highest BCUT2D eigenvalue weighted by atomic mass is 79.9. The van der Waals surface area contributed by atoms with Crippen LogP contribution in [0.1, 0.15) is 24.5 Å². The lowest BCUT2D eigenvalue weighted by Gasteiger charge is -2.17. The van der Waals surface area contributed by atoms with Gasteiger partial charge in [-0.25, -0.2) is 4.98 Å². The third kappa shape index (κ3) is 5.48. The fraction of sp³-hybridized carbons (Fsp3) is 0.353. The molecule has 0 aliphatic heterocycles. The number of nitrogens with one attached hydrogen (secondary N) is 1. The topological polar surface area (TPSA) is 28.2 Å². The van der Waals surface area contributed by atoms with Gasteiger partial charge in [-0.2, -0.15) is 0 Å². The summed E-state index contributed by atoms with van der Waals surface area (Å²) < 4.78 is 1.13. The largest absolute Gasteiger partial charge is 0.370 e. The van der Waals surface area contributed by atoms with E-state index in [1.807, 2.05) is 6.20 Å². The molecular weight excluding hydrogens is 326 g/mol. The number of rotatable bonds is 7. The molecule has 0 aliphatic rings. The quantitative estimate of drug-likeness (QED) is 0.809. The Bertz CT molecular complexity index is 554. The minimum atomic E-state index is 0.896. The first-order chi connectivity index (χ1) is 10.2. The first kappa shape index (κ1) is 16.0. The lowest BCUT2D eigenvalue weighted by Crippen LogP contribution is -2.17. The summed E-state index contributed by atoms with van der Waals surface area (Å²) in [6.07, 6.45) is 3.06. The molecule has 1 aromatic carbocycles. The van der Waals surface area contributed by atoms with Crippen molar-refractivity contribution in [3.8, 4) is 0 Å². The Hall–Kier alpha value is -1.39. The molecule has 0 spiro atoms. The van der Waals surface area contributed by atoms with E-state index in [1.165, 1.54) is 11.1 Å². The summed E-state index contributed by atoms with van der Waals surface area (Å²) in [7, 11) is 2.13. The monoisotopic (exact) mass is 347 g/mol. The molecule has 0 aliphatic carbocycles. The molecule has 4 heteroatoms. The van der Waals surface area contributed by atoms with Crippen molar-refractivity contribution in [2.75, 3.05) is 18.9 Å². The van der Waals surface area contributed by atoms with Gasteiger partial charge in [-0.05, 0) is 42.8 Å². The number of nitrogens with zero attached hydrogens (tertiary/aromatic N) is 2. The maximum atomic E-state index is 4.45. The van der Waals surface area contributed by atoms with E-state index in [4.69, 9.17) is 0 Å². The minimum absolute atomic E-state index is 0.896. The van der Waals surface area contributed by atoms with Gasteiger partial charge in [0.1, 0.15) is 5.82 Å². The van der Waals surface area contributed by atoms with Crippen LogP contribution in [-0.4, -0.2) is 23.5 Å². The third-order valence-corrected chi connectivity index (χ3v) is 3.67. The highest BCUT2D eigenvalue weighted by molar-refractivity contribution is 9.10. The van der Waals surface area contributed by atoms with Gasteiger partial charge in [0.05, 0.1) is 0 Å². The van der Waals surface area contributed by atoms with Crippen molar-refractivity contribution in [2.45, 2.75) is 26.4 Å². The Labute approximate surface area is 135 Å². The Morgan fingerprint density at radius 3 is 2.62 bits per heavy atom. The van der Waals surface area contributed by atoms with Crippen molar-refractivity contribution in [1.82, 2.24) is 9.88 Å². The molecule has 0 amide bonds. The Kier molecular flexibility index (Phi) is 6.21. The van der Waals surface area contributed by atoms with Crippen LogP contribution >= 0.6 is 15.9 Å². The molecule has 2 aromatic rings. The van der Waals surface area contributed by atoms with Crippen molar-refractivity contribution in [2.24, 2.45) is 0 Å². The summed E-state index contributed by atoms with van der Waals surface area (Å²) >= 11 is 3.51. The normalized spacial score (nSPS) is 10.9. The van der Waals surface area contributed by atoms with E-state index in [0.717, 1.165) is 36.3 Å². The fourth-order valence-corrected chi connectivity index (χ4v) is 2.64. The number of halogens is 1. The maximum absolute atomic E-state index is 4.45. The number of pyridine rings is 1. The van der Waals surface area contributed by atoms with Gasteiger partial charge in [-0.15, -0.1) is 0 Å². The predicted octanol–water partition coefficient (Wildman–Crippen LogP) is 4.30. The average Bonchev–Trinajstić information content (AvgIpc) is 2.46. The molecule has 1 aromatic heterocycles. The molecule has 2 rings (SSSR count). The molecule has 0 saturated carbocycles. The standard InChI is InChI=1S/C17H22BrN3/c1-3-9-19-17-8-7-15(11-20-17)13-21(2)12-14-5-4-6-16(18)10-14/h4-8,10-11H,3,9,12-13H2,1-2H3,(H,19,20). The van der Waals surface area contributed by atoms with Gasteiger partial charge in [-0.3, -0.25) is 4.90 Å². The second kappa shape index (κ2) is 8.15. The van der Waals surface area contributed by atoms with Crippen LogP contribution in [0, 0.1) is 0 Å². The van der Waals surface area contributed by atoms with Gasteiger partial charge in [0.25, 0.3) is 0 Å². The molecule has 0 radical (unpaired) electrons. The first-order valence-electron chi connectivity index (χ1n) is 7.29. The van der Waals surface area contributed by atoms with Crippen LogP contribution in [-0.2, 0) is 13.1 Å². The molecule has 112 valence electrons. The number of anilines is 1. The second-order valence-electron chi connectivity index (χ2n) is 5.28. The van der Waals surface area contributed by atoms with E-state index in [-0.39, 0.29) is 0 Å². The van der Waals surface area contributed by atoms with E-state index < -0.39 is 0 Å². The summed E-state index contributed by atoms with van der Waals surface area (Å²) in [5.74, 6) is 0.954. The SMILES string of the molecule is CCCNc1ccc(CN(C)Cc2cccc(Br)c2)cn1. The van der Waals surface area contributed by atoms with Crippen LogP contribution in [0.3, 0.4) is 0 Å². The van der Waals surface area contributed by atoms with Crippen molar-refractivity contribution in [1.29, 1.82) is 0 Å². The number of hydrogen-bond acceptors (Lipinski definition) is 3. The summed E-state index contributed by atoms with van der Waals surface area (Å²) in [5, 5.41) is 3.29. The van der Waals surface area contributed by atoms with E-state index in [0.29, 0.717) is 0 Å². The van der Waals surface area contributed by atoms with Crippen LogP contribution in [0.15, 0.2) is 47.1 Å². The first-order valence-corrected chi connectivity index (χ1v) is 8.08. The summed E-state index contributed by atoms with van der Waals surface area (Å²) in [5.41, 5.74) is 2.54. The zero-order valence-corrected chi connectivity index (χ0v) is 14.2. The van der Waals surface area contributed by atoms with Crippen molar-refractivity contribution >= 4 is 21.7 Å². The van der Waals surface area contributed by atoms with Crippen LogP contribution in [0.25, 0.3) is 0 Å². The molecule has 3 nitrogen and oxygen atoms in total. The van der Waals surface area contributed by atoms with E-state index in [1.54, 1.807) is 0 Å². The lowest BCUT2D eigenvalue weighted by atomic mass is 10.2. The summed E-state index contributed by atoms with van der Waals surface area (Å²) in [4.78, 5) is 6.73. The summed E-state index contributed by atoms with van der Waals surface area (Å²) in [6, 6.07) is 12.6. The molecule has 0 fully saturated rings. The van der Waals surface area contributed by atoms with E-state index >= 15 is 0 Å². The Balaban J connectivity index is 1.88. The van der Waals surface area contributed by atoms with Crippen LogP contribution < -0.4 is 5.32 Å². The molecule has 1 heterocycles. The van der Waals surface area contributed by atoms with Gasteiger partial charge in [0, 0.05) is 30.3 Å². The van der Waals surface area contributed by atoms with E-state index in [9.17, 15) is 0 Å². The predicted molar refractivity (Wildman–Crippen MR) is 92.3 cm³/mol. The van der Waals surface area contributed by atoms with Gasteiger partial charge in [0.2, 0.25) is 0 Å². The summed E-state index contributed by atoms with van der Waals surface area (Å²) in [6.45, 7) is 4.94. The highest BCUT2D eigenvalue weighted by Gasteiger charge is 2.03. The van der Waals surface area contributed by atoms with Crippen LogP contribution in [0.4, 0.5) is 5.82 Å². The van der Waals surface area contributed by atoms with Crippen molar-refractivity contribution in [3.05, 3.63) is 58.2 Å². The Morgan fingerprint density at radius 1 is 1.14 bits per heavy atom. The molecule has 0 atom stereocenters. The van der Waals surface area contributed by atoms with Crippen molar-refractivity contribution < 1.29 is 0 Å². The molecular formula is C17H22BrN3. The zero-order valence-electron chi connectivity index (χ0n) is 12.6. The molecule has 0 saturated heterocycles. The minimum Gasteiger partial charge on any atom is -0.370 e. The van der Waals surface area contributed by atoms with Crippen molar-refractivity contribution in [3.63, 3.8) is 0 Å². The smallest absolute Gasteiger partial charge is 0.125 e. The molecule has 1 N–H and O–H groups in total. The molecule has 21 heavy (non-hydrogen) atoms. The molecule has 0 bridgehead atoms. The van der Waals surface area contributed by atoms with E-state index in [2.05, 4.69) is 81.5 Å². The molecule has 0 unspecified atom stereocenters. The average molecular weight is 348 g/mol. The zero-order chi connectivity index (χ0) is 15.1. The second-order valence-corrected chi connectivity index (χ2v) is 6.20. The van der Waals surface area contributed by atoms with Gasteiger partial charge in [-0.1, -0.05) is 41.1 Å². The van der Waals surface area contributed by atoms with Crippen LogP contribution in [0.2, 0.25) is 0 Å². The van der Waals surface area contributed by atoms with Gasteiger partial charge in [0.15, 0.2) is 0 Å². The lowest BCUT2D eigenvalue weighted by molar-refractivity contribution is 0.318. The fourth-order valence-electron chi connectivity index (χ4n) is 2.19. The highest BCUT2D eigenvalue weighted by Crippen LogP contribution is 2.14. The Morgan fingerprint density at radius 2 is 1.95 bits per heavy atom.